The van der Waals surface area contributed by atoms with Crippen molar-refractivity contribution in [3.05, 3.63) is 39.0 Å². The van der Waals surface area contributed by atoms with Crippen molar-refractivity contribution in [2.45, 2.75) is 33.9 Å². The largest absolute Gasteiger partial charge is 0.349 e. The molecule has 2 aromatic rings. The average molecular weight is 306 g/mol. The minimum Gasteiger partial charge on any atom is -0.349 e. The van der Waals surface area contributed by atoms with Crippen LogP contribution >= 0.6 is 0 Å². The zero-order valence-corrected chi connectivity index (χ0v) is 13.0. The predicted octanol–water partition coefficient (Wildman–Crippen LogP) is 0.766. The van der Waals surface area contributed by atoms with Gasteiger partial charge in [0.15, 0.2) is 0 Å². The third-order valence-corrected chi connectivity index (χ3v) is 3.38. The van der Waals surface area contributed by atoms with Crippen LogP contribution in [0.2, 0.25) is 0 Å². The van der Waals surface area contributed by atoms with Crippen molar-refractivity contribution in [2.24, 2.45) is 7.05 Å². The van der Waals surface area contributed by atoms with Gasteiger partial charge in [-0.25, -0.2) is 0 Å². The summed E-state index contributed by atoms with van der Waals surface area (Å²) in [4.78, 5) is 22.4. The molecule has 0 aliphatic carbocycles. The van der Waals surface area contributed by atoms with Crippen LogP contribution in [0.1, 0.15) is 22.8 Å². The lowest BCUT2D eigenvalue weighted by Crippen LogP contribution is -2.28. The third-order valence-electron chi connectivity index (χ3n) is 3.38. The first-order valence-electron chi connectivity index (χ1n) is 6.74. The number of aromatic nitrogens is 4. The van der Waals surface area contributed by atoms with Gasteiger partial charge in [0.05, 0.1) is 22.9 Å². The van der Waals surface area contributed by atoms with Gasteiger partial charge in [-0.1, -0.05) is 0 Å². The smallest absolute Gasteiger partial charge is 0.312 e. The van der Waals surface area contributed by atoms with E-state index in [9.17, 15) is 14.9 Å². The zero-order valence-electron chi connectivity index (χ0n) is 13.0. The van der Waals surface area contributed by atoms with Gasteiger partial charge in [0.1, 0.15) is 17.9 Å². The Labute approximate surface area is 127 Å². The van der Waals surface area contributed by atoms with E-state index in [1.54, 1.807) is 25.6 Å². The molecule has 0 atom stereocenters. The van der Waals surface area contributed by atoms with Crippen LogP contribution in [-0.4, -0.2) is 30.4 Å². The van der Waals surface area contributed by atoms with E-state index in [-0.39, 0.29) is 18.1 Å². The fraction of sp³-hybridized carbons (Fsp3) is 0.462. The third kappa shape index (κ3) is 3.13. The second-order valence-corrected chi connectivity index (χ2v) is 5.11. The normalized spacial score (nSPS) is 10.7. The number of carbonyl (C=O) groups is 1. The zero-order chi connectivity index (χ0) is 16.4. The van der Waals surface area contributed by atoms with E-state index < -0.39 is 4.92 Å². The van der Waals surface area contributed by atoms with Gasteiger partial charge in [0.2, 0.25) is 5.91 Å². The molecule has 0 radical (unpaired) electrons. The molecule has 118 valence electrons. The molecule has 22 heavy (non-hydrogen) atoms. The molecular weight excluding hydrogens is 288 g/mol. The van der Waals surface area contributed by atoms with Gasteiger partial charge in [0.25, 0.3) is 0 Å². The van der Waals surface area contributed by atoms with Gasteiger partial charge >= 0.3 is 5.69 Å². The molecule has 0 aliphatic rings. The van der Waals surface area contributed by atoms with Gasteiger partial charge in [-0.2, -0.15) is 10.2 Å². The Bertz CT molecular complexity index is 730. The molecule has 2 rings (SSSR count). The Morgan fingerprint density at radius 2 is 2.05 bits per heavy atom. The Balaban J connectivity index is 2.02. The highest BCUT2D eigenvalue weighted by Crippen LogP contribution is 2.21. The number of carbonyl (C=O) groups excluding carboxylic acids is 1. The number of hydrogen-bond acceptors (Lipinski definition) is 5. The van der Waals surface area contributed by atoms with Crippen molar-refractivity contribution in [1.82, 2.24) is 24.9 Å². The molecule has 9 heteroatoms. The van der Waals surface area contributed by atoms with Gasteiger partial charge in [0, 0.05) is 7.05 Å². The first kappa shape index (κ1) is 15.7. The first-order valence-corrected chi connectivity index (χ1v) is 6.74. The highest BCUT2D eigenvalue weighted by molar-refractivity contribution is 5.75. The van der Waals surface area contributed by atoms with E-state index in [1.807, 2.05) is 13.0 Å². The van der Waals surface area contributed by atoms with E-state index in [0.29, 0.717) is 17.9 Å². The van der Waals surface area contributed by atoms with E-state index in [2.05, 4.69) is 15.5 Å². The summed E-state index contributed by atoms with van der Waals surface area (Å²) < 4.78 is 3.04. The monoisotopic (exact) mass is 306 g/mol. The number of hydrogen-bond donors (Lipinski definition) is 1. The summed E-state index contributed by atoms with van der Waals surface area (Å²) in [6.07, 6.45) is 0. The summed E-state index contributed by atoms with van der Waals surface area (Å²) in [7, 11) is 1.80. The standard InChI is InChI=1S/C13H18N6O3/c1-8-5-11(17(4)15-8)6-14-12(20)7-18-10(3)13(19(21)22)9(2)16-18/h5H,6-7H2,1-4H3,(H,14,20). The quantitative estimate of drug-likeness (QED) is 0.648. The summed E-state index contributed by atoms with van der Waals surface area (Å²) in [5.74, 6) is -0.264. The number of nitro groups is 1. The molecule has 0 aliphatic heterocycles. The fourth-order valence-electron chi connectivity index (χ4n) is 2.32. The lowest BCUT2D eigenvalue weighted by molar-refractivity contribution is -0.386. The lowest BCUT2D eigenvalue weighted by atomic mass is 10.3. The number of amides is 1. The molecule has 0 fully saturated rings. The summed E-state index contributed by atoms with van der Waals surface area (Å²) in [6.45, 7) is 5.29. The van der Waals surface area contributed by atoms with Crippen LogP contribution in [0.5, 0.6) is 0 Å². The Morgan fingerprint density at radius 1 is 1.36 bits per heavy atom. The molecule has 0 aromatic carbocycles. The van der Waals surface area contributed by atoms with Crippen LogP contribution in [-0.2, 0) is 24.9 Å². The Hall–Kier alpha value is -2.71. The van der Waals surface area contributed by atoms with E-state index in [0.717, 1.165) is 11.4 Å². The second-order valence-electron chi connectivity index (χ2n) is 5.11. The molecule has 0 bridgehead atoms. The molecule has 1 N–H and O–H groups in total. The minimum atomic E-state index is -0.482. The van der Waals surface area contributed by atoms with Gasteiger partial charge in [-0.05, 0) is 26.8 Å². The second kappa shape index (κ2) is 5.96. The van der Waals surface area contributed by atoms with E-state index in [1.165, 1.54) is 4.68 Å². The minimum absolute atomic E-state index is 0.0462. The number of nitrogens with one attached hydrogen (secondary N) is 1. The lowest BCUT2D eigenvalue weighted by Gasteiger charge is -2.06. The van der Waals surface area contributed by atoms with E-state index >= 15 is 0 Å². The van der Waals surface area contributed by atoms with Crippen LogP contribution in [0.4, 0.5) is 5.69 Å². The summed E-state index contributed by atoms with van der Waals surface area (Å²) in [5.41, 5.74) is 2.38. The molecule has 1 amide bonds. The van der Waals surface area contributed by atoms with Crippen molar-refractivity contribution < 1.29 is 9.72 Å². The van der Waals surface area contributed by atoms with Crippen LogP contribution in [0.15, 0.2) is 6.07 Å². The SMILES string of the molecule is Cc1cc(CNC(=O)Cn2nc(C)c([N+](=O)[O-])c2C)n(C)n1. The number of nitrogens with zero attached hydrogens (tertiary/aromatic N) is 5. The molecule has 9 nitrogen and oxygen atoms in total. The topological polar surface area (TPSA) is 108 Å². The molecule has 2 aromatic heterocycles. The Morgan fingerprint density at radius 3 is 2.55 bits per heavy atom. The van der Waals surface area contributed by atoms with Crippen molar-refractivity contribution in [1.29, 1.82) is 0 Å². The summed E-state index contributed by atoms with van der Waals surface area (Å²) in [5, 5.41) is 21.9. The molecule has 0 unspecified atom stereocenters. The maximum atomic E-state index is 12.0. The van der Waals surface area contributed by atoms with Crippen LogP contribution in [0.3, 0.4) is 0 Å². The molecule has 2 heterocycles. The van der Waals surface area contributed by atoms with Crippen molar-refractivity contribution >= 4 is 11.6 Å². The first-order chi connectivity index (χ1) is 10.3. The maximum Gasteiger partial charge on any atom is 0.312 e. The van der Waals surface area contributed by atoms with Crippen molar-refractivity contribution in [3.8, 4) is 0 Å². The maximum absolute atomic E-state index is 12.0. The predicted molar refractivity (Wildman–Crippen MR) is 78.1 cm³/mol. The van der Waals surface area contributed by atoms with Gasteiger partial charge < -0.3 is 5.32 Å². The van der Waals surface area contributed by atoms with Gasteiger partial charge in [-0.15, -0.1) is 0 Å². The summed E-state index contributed by atoms with van der Waals surface area (Å²) >= 11 is 0. The molecule has 0 saturated carbocycles. The van der Waals surface area contributed by atoms with E-state index in [4.69, 9.17) is 0 Å². The number of aryl methyl sites for hydroxylation is 3. The van der Waals surface area contributed by atoms with Crippen LogP contribution in [0, 0.1) is 30.9 Å². The van der Waals surface area contributed by atoms with Crippen molar-refractivity contribution in [2.75, 3.05) is 0 Å². The van der Waals surface area contributed by atoms with Crippen LogP contribution in [0.25, 0.3) is 0 Å². The summed E-state index contributed by atoms with van der Waals surface area (Å²) in [6, 6.07) is 1.88. The highest BCUT2D eigenvalue weighted by atomic mass is 16.6. The number of rotatable bonds is 5. The highest BCUT2D eigenvalue weighted by Gasteiger charge is 2.22. The van der Waals surface area contributed by atoms with Gasteiger partial charge in [-0.3, -0.25) is 24.3 Å². The molecule has 0 saturated heterocycles. The molecular formula is C13H18N6O3. The average Bonchev–Trinajstić information content (AvgIpc) is 2.86. The fourth-order valence-corrected chi connectivity index (χ4v) is 2.32. The Kier molecular flexibility index (Phi) is 4.25. The molecule has 0 spiro atoms. The van der Waals surface area contributed by atoms with Crippen molar-refractivity contribution in [3.63, 3.8) is 0 Å². The van der Waals surface area contributed by atoms with Crippen LogP contribution < -0.4 is 5.32 Å².